The summed E-state index contributed by atoms with van der Waals surface area (Å²) in [5, 5.41) is 9.01. The van der Waals surface area contributed by atoms with E-state index in [4.69, 9.17) is 14.6 Å². The molecule has 0 saturated carbocycles. The lowest BCUT2D eigenvalue weighted by Gasteiger charge is -2.42. The minimum atomic E-state index is -1.34. The second kappa shape index (κ2) is 9.99. The van der Waals surface area contributed by atoms with Crippen molar-refractivity contribution in [2.24, 2.45) is 11.0 Å². The first kappa shape index (κ1) is 25.2. The molecule has 0 spiro atoms. The zero-order chi connectivity index (χ0) is 25.2. The Morgan fingerprint density at radius 1 is 1.17 bits per heavy atom. The van der Waals surface area contributed by atoms with E-state index in [-0.39, 0.29) is 18.1 Å². The van der Waals surface area contributed by atoms with Crippen molar-refractivity contribution in [3.8, 4) is 0 Å². The molecular formula is C26H30F3N3O3. The number of amides is 1. The number of rotatable bonds is 9. The Labute approximate surface area is 203 Å². The van der Waals surface area contributed by atoms with Gasteiger partial charge in [0.1, 0.15) is 22.8 Å². The number of carbonyl (C=O) groups excluding carboxylic acids is 1. The molecule has 1 N–H and O–H groups in total. The molecule has 1 amide bonds. The molecule has 2 heterocycles. The number of hydrazone groups is 1. The maximum Gasteiger partial charge on any atom is 0.248 e. The molecule has 0 aliphatic carbocycles. The summed E-state index contributed by atoms with van der Waals surface area (Å²) in [5.41, 5.74) is -0.783. The minimum absolute atomic E-state index is 0.0175. The SMILES string of the molecule is CCCCC1C(c2ccc(F)cc2)=NN(c2ccc(F)cc2F)C1(C)C(=O)NCC1(OC)COC1. The summed E-state index contributed by atoms with van der Waals surface area (Å²) in [7, 11) is 1.56. The van der Waals surface area contributed by atoms with Crippen LogP contribution in [0.1, 0.15) is 38.7 Å². The Morgan fingerprint density at radius 3 is 2.43 bits per heavy atom. The van der Waals surface area contributed by atoms with Gasteiger partial charge >= 0.3 is 0 Å². The van der Waals surface area contributed by atoms with Crippen LogP contribution < -0.4 is 10.3 Å². The van der Waals surface area contributed by atoms with Crippen molar-refractivity contribution in [1.82, 2.24) is 5.32 Å². The number of ether oxygens (including phenoxy) is 2. The average Bonchev–Trinajstić information content (AvgIpc) is 3.10. The molecule has 2 aliphatic rings. The minimum Gasteiger partial charge on any atom is -0.375 e. The zero-order valence-corrected chi connectivity index (χ0v) is 20.1. The van der Waals surface area contributed by atoms with E-state index < -0.39 is 34.5 Å². The number of halogens is 3. The van der Waals surface area contributed by atoms with E-state index in [0.717, 1.165) is 25.0 Å². The van der Waals surface area contributed by atoms with Crippen molar-refractivity contribution < 1.29 is 27.4 Å². The molecule has 0 bridgehead atoms. The number of anilines is 1. The molecule has 9 heteroatoms. The normalized spacial score (nSPS) is 23.1. The predicted octanol–water partition coefficient (Wildman–Crippen LogP) is 4.42. The Kier molecular flexibility index (Phi) is 7.19. The highest BCUT2D eigenvalue weighted by molar-refractivity contribution is 6.10. The second-order valence-electron chi connectivity index (χ2n) is 9.30. The van der Waals surface area contributed by atoms with Crippen LogP contribution in [0.25, 0.3) is 0 Å². The predicted molar refractivity (Wildman–Crippen MR) is 127 cm³/mol. The molecule has 188 valence electrons. The van der Waals surface area contributed by atoms with Crippen LogP contribution in [0.4, 0.5) is 18.9 Å². The lowest BCUT2D eigenvalue weighted by molar-refractivity contribution is -0.193. The largest absolute Gasteiger partial charge is 0.375 e. The van der Waals surface area contributed by atoms with Gasteiger partial charge in [-0.1, -0.05) is 31.9 Å². The van der Waals surface area contributed by atoms with Crippen LogP contribution in [0.5, 0.6) is 0 Å². The van der Waals surface area contributed by atoms with Crippen LogP contribution in [0, 0.1) is 23.4 Å². The van der Waals surface area contributed by atoms with E-state index in [1.165, 1.54) is 23.2 Å². The molecule has 2 atom stereocenters. The molecule has 2 aromatic carbocycles. The number of nitrogens with zero attached hydrogens (tertiary/aromatic N) is 2. The smallest absolute Gasteiger partial charge is 0.248 e. The first-order chi connectivity index (χ1) is 16.7. The molecule has 6 nitrogen and oxygen atoms in total. The number of carbonyl (C=O) groups is 1. The molecule has 4 rings (SSSR count). The highest BCUT2D eigenvalue weighted by Gasteiger charge is 2.54. The number of methoxy groups -OCH3 is 1. The van der Waals surface area contributed by atoms with Crippen molar-refractivity contribution in [3.63, 3.8) is 0 Å². The van der Waals surface area contributed by atoms with Gasteiger partial charge in [-0.05, 0) is 43.2 Å². The summed E-state index contributed by atoms with van der Waals surface area (Å²) in [6, 6.07) is 9.03. The van der Waals surface area contributed by atoms with Crippen LogP contribution in [0.2, 0.25) is 0 Å². The Balaban J connectivity index is 1.78. The fourth-order valence-corrected chi connectivity index (χ4v) is 4.65. The fourth-order valence-electron chi connectivity index (χ4n) is 4.65. The van der Waals surface area contributed by atoms with Gasteiger partial charge in [-0.3, -0.25) is 4.79 Å². The highest BCUT2D eigenvalue weighted by atomic mass is 19.1. The second-order valence-corrected chi connectivity index (χ2v) is 9.30. The first-order valence-corrected chi connectivity index (χ1v) is 11.7. The van der Waals surface area contributed by atoms with Crippen molar-refractivity contribution in [2.75, 3.05) is 31.9 Å². The molecule has 2 aromatic rings. The molecule has 2 aliphatic heterocycles. The van der Waals surface area contributed by atoms with E-state index in [0.29, 0.717) is 30.9 Å². The van der Waals surface area contributed by atoms with E-state index in [2.05, 4.69) is 5.32 Å². The topological polar surface area (TPSA) is 63.2 Å². The zero-order valence-electron chi connectivity index (χ0n) is 20.1. The Bertz CT molecular complexity index is 1100. The van der Waals surface area contributed by atoms with Gasteiger partial charge < -0.3 is 14.8 Å². The van der Waals surface area contributed by atoms with E-state index in [9.17, 15) is 18.0 Å². The summed E-state index contributed by atoms with van der Waals surface area (Å²) >= 11 is 0. The van der Waals surface area contributed by atoms with Crippen LogP contribution in [-0.2, 0) is 14.3 Å². The van der Waals surface area contributed by atoms with Gasteiger partial charge in [-0.2, -0.15) is 5.10 Å². The fraction of sp³-hybridized carbons (Fsp3) is 0.462. The van der Waals surface area contributed by atoms with Crippen molar-refractivity contribution in [1.29, 1.82) is 0 Å². The van der Waals surface area contributed by atoms with Crippen molar-refractivity contribution in [3.05, 3.63) is 65.5 Å². The molecule has 35 heavy (non-hydrogen) atoms. The number of benzene rings is 2. The average molecular weight is 490 g/mol. The van der Waals surface area contributed by atoms with E-state index >= 15 is 0 Å². The molecule has 1 fully saturated rings. The summed E-state index contributed by atoms with van der Waals surface area (Å²) in [6.07, 6.45) is 2.26. The number of hydrogen-bond donors (Lipinski definition) is 1. The lowest BCUT2D eigenvalue weighted by Crippen LogP contribution is -2.63. The monoisotopic (exact) mass is 489 g/mol. The first-order valence-electron chi connectivity index (χ1n) is 11.7. The Hall–Kier alpha value is -2.91. The van der Waals surface area contributed by atoms with E-state index in [1.807, 2.05) is 6.92 Å². The third-order valence-corrected chi connectivity index (χ3v) is 6.97. The van der Waals surface area contributed by atoms with Crippen LogP contribution in [0.15, 0.2) is 47.6 Å². The Morgan fingerprint density at radius 2 is 1.86 bits per heavy atom. The van der Waals surface area contributed by atoms with Gasteiger partial charge in [-0.15, -0.1) is 0 Å². The number of hydrogen-bond acceptors (Lipinski definition) is 5. The molecule has 0 radical (unpaired) electrons. The summed E-state index contributed by atoms with van der Waals surface area (Å²) in [5.74, 6) is -2.76. The maximum absolute atomic E-state index is 15.0. The third-order valence-electron chi connectivity index (χ3n) is 6.97. The summed E-state index contributed by atoms with van der Waals surface area (Å²) < 4.78 is 53.2. The number of nitrogens with one attached hydrogen (secondary N) is 1. The van der Waals surface area contributed by atoms with Crippen LogP contribution in [0.3, 0.4) is 0 Å². The van der Waals surface area contributed by atoms with Crippen LogP contribution >= 0.6 is 0 Å². The summed E-state index contributed by atoms with van der Waals surface area (Å²) in [6.45, 7) is 4.67. The standard InChI is InChI=1S/C26H30F3N3O3/c1-4-5-6-20-23(17-7-9-18(27)10-8-17)31-32(22-12-11-19(28)13-21(22)29)25(20,2)24(33)30-14-26(34-3)15-35-16-26/h7-13,20H,4-6,14-16H2,1-3H3,(H,30,33). The van der Waals surface area contributed by atoms with Crippen LogP contribution in [-0.4, -0.2) is 49.6 Å². The summed E-state index contributed by atoms with van der Waals surface area (Å²) in [4.78, 5) is 13.9. The van der Waals surface area contributed by atoms with Gasteiger partial charge in [0, 0.05) is 19.1 Å². The van der Waals surface area contributed by atoms with Crippen molar-refractivity contribution in [2.45, 2.75) is 44.2 Å². The van der Waals surface area contributed by atoms with Crippen molar-refractivity contribution >= 4 is 17.3 Å². The molecule has 1 saturated heterocycles. The third kappa shape index (κ3) is 4.67. The van der Waals surface area contributed by atoms with Gasteiger partial charge in [-0.25, -0.2) is 18.2 Å². The molecule has 2 unspecified atom stereocenters. The van der Waals surface area contributed by atoms with Gasteiger partial charge in [0.2, 0.25) is 5.91 Å². The van der Waals surface area contributed by atoms with Gasteiger partial charge in [0.15, 0.2) is 5.82 Å². The quantitative estimate of drug-likeness (QED) is 0.566. The van der Waals surface area contributed by atoms with Gasteiger partial charge in [0.05, 0.1) is 31.2 Å². The number of unbranched alkanes of at least 4 members (excludes halogenated alkanes) is 1. The lowest BCUT2D eigenvalue weighted by atomic mass is 9.76. The maximum atomic E-state index is 15.0. The molecule has 0 aromatic heterocycles. The van der Waals surface area contributed by atoms with Gasteiger partial charge in [0.25, 0.3) is 0 Å². The highest BCUT2D eigenvalue weighted by Crippen LogP contribution is 2.42. The molecular weight excluding hydrogens is 459 g/mol. The van der Waals surface area contributed by atoms with E-state index in [1.54, 1.807) is 26.2 Å².